The topological polar surface area (TPSA) is 144 Å². The molecule has 3 rings (SSSR count). The fraction of sp³-hybridized carbons (Fsp3) is 0.568. The lowest BCUT2D eigenvalue weighted by molar-refractivity contribution is -0.116. The summed E-state index contributed by atoms with van der Waals surface area (Å²) in [6.45, 7) is 18.4. The third-order valence-electron chi connectivity index (χ3n) is 8.65. The molecule has 47 heavy (non-hydrogen) atoms. The molecule has 1 fully saturated rings. The van der Waals surface area contributed by atoms with Gasteiger partial charge in [-0.15, -0.1) is 0 Å². The lowest BCUT2D eigenvalue weighted by atomic mass is 9.85. The van der Waals surface area contributed by atoms with E-state index in [0.717, 1.165) is 42.5 Å². The molecule has 1 aromatic carbocycles. The first kappa shape index (κ1) is 41.3. The number of hydrogen-bond acceptors (Lipinski definition) is 7. The third kappa shape index (κ3) is 11.5. The number of aliphatic hydroxyl groups excluding tert-OH is 1. The highest BCUT2D eigenvalue weighted by atomic mass is 16.3. The summed E-state index contributed by atoms with van der Waals surface area (Å²) in [6, 6.07) is 5.28. The number of amidine groups is 1. The number of carbonyl (C=O) groups excluding carboxylic acids is 2. The number of aliphatic imine (C=N–C) groups is 2. The molecule has 1 aliphatic heterocycles. The summed E-state index contributed by atoms with van der Waals surface area (Å²) in [5, 5.41) is 20.2. The van der Waals surface area contributed by atoms with E-state index in [9.17, 15) is 14.7 Å². The molecule has 262 valence electrons. The van der Waals surface area contributed by atoms with Crippen LogP contribution in [0, 0.1) is 0 Å². The van der Waals surface area contributed by atoms with Gasteiger partial charge in [0, 0.05) is 49.6 Å². The van der Waals surface area contributed by atoms with E-state index >= 15 is 0 Å². The monoisotopic (exact) mass is 651 g/mol. The summed E-state index contributed by atoms with van der Waals surface area (Å²) in [4.78, 5) is 35.4. The average Bonchev–Trinajstić information content (AvgIpc) is 3.30. The Balaban J connectivity index is 0.000000582. The molecule has 0 bridgehead atoms. The molecular formula is C37H61N7O3. The van der Waals surface area contributed by atoms with Gasteiger partial charge in [-0.25, -0.2) is 0 Å². The summed E-state index contributed by atoms with van der Waals surface area (Å²) in [5.41, 5.74) is 10.0. The van der Waals surface area contributed by atoms with E-state index < -0.39 is 17.7 Å². The highest BCUT2D eigenvalue weighted by Crippen LogP contribution is 2.34. The van der Waals surface area contributed by atoms with Crippen LogP contribution in [0.5, 0.6) is 0 Å². The van der Waals surface area contributed by atoms with Gasteiger partial charge in [-0.1, -0.05) is 52.5 Å². The highest BCUT2D eigenvalue weighted by molar-refractivity contribution is 5.96. The predicted molar refractivity (Wildman–Crippen MR) is 197 cm³/mol. The van der Waals surface area contributed by atoms with Gasteiger partial charge in [0.25, 0.3) is 11.8 Å². The van der Waals surface area contributed by atoms with Gasteiger partial charge in [0.15, 0.2) is 0 Å². The van der Waals surface area contributed by atoms with Crippen molar-refractivity contribution in [1.82, 2.24) is 20.9 Å². The van der Waals surface area contributed by atoms with Gasteiger partial charge in [-0.3, -0.25) is 24.5 Å². The first-order valence-electron chi connectivity index (χ1n) is 17.0. The van der Waals surface area contributed by atoms with E-state index in [1.54, 1.807) is 25.5 Å². The van der Waals surface area contributed by atoms with Gasteiger partial charge in [0.1, 0.15) is 0 Å². The maximum atomic E-state index is 13.2. The molecule has 0 saturated carbocycles. The second-order valence-electron chi connectivity index (χ2n) is 11.7. The standard InChI is InChI=1S/C24H37N5O2.C11H18N2O.C2H6/c1-5-21(25)28-20(14-26-6-2)24(3)22(30)19(15-29(24)4)27-23(31)18-13-9-11-16-10-7-8-12-17(16)18;1-5-7-10(11(14)12-4)8-9(3)13-6-2;1-2/h6,9,11,13,19-20,22,26,30H,2,5,7-8,10,12,14-15H2,1,3-4H3,(H2,25,28)(H,27,31);6-8H,5H2,1-4H3,(H,12,14);1-2H3/b;9-8-,10-7-,13-6?;. The van der Waals surface area contributed by atoms with Crippen molar-refractivity contribution >= 4 is 23.9 Å². The van der Waals surface area contributed by atoms with Gasteiger partial charge < -0.3 is 26.8 Å². The molecule has 6 N–H and O–H groups in total. The Labute approximate surface area is 283 Å². The third-order valence-corrected chi connectivity index (χ3v) is 8.65. The Morgan fingerprint density at radius 1 is 1.23 bits per heavy atom. The first-order chi connectivity index (χ1) is 22.5. The van der Waals surface area contributed by atoms with E-state index in [0.29, 0.717) is 30.9 Å². The van der Waals surface area contributed by atoms with E-state index in [-0.39, 0.29) is 17.9 Å². The molecule has 4 atom stereocenters. The van der Waals surface area contributed by atoms with Crippen LogP contribution in [0.2, 0.25) is 0 Å². The van der Waals surface area contributed by atoms with Crippen LogP contribution < -0.4 is 21.7 Å². The number of amides is 2. The minimum Gasteiger partial charge on any atom is -0.389 e. The number of aliphatic hydroxyl groups is 1. The number of hydrogen-bond donors (Lipinski definition) is 5. The summed E-state index contributed by atoms with van der Waals surface area (Å²) in [7, 11) is 3.58. The fourth-order valence-corrected chi connectivity index (χ4v) is 5.96. The Kier molecular flexibility index (Phi) is 18.6. The summed E-state index contributed by atoms with van der Waals surface area (Å²) >= 11 is 0. The zero-order chi connectivity index (χ0) is 35.6. The number of nitrogens with one attached hydrogen (secondary N) is 3. The molecule has 2 aliphatic rings. The maximum Gasteiger partial charge on any atom is 0.251 e. The molecule has 0 spiro atoms. The number of allylic oxidation sites excluding steroid dienone is 2. The van der Waals surface area contributed by atoms with E-state index in [4.69, 9.17) is 5.73 Å². The number of likely N-dealkylation sites (N-methyl/N-ethyl adjacent to an activating group) is 2. The van der Waals surface area contributed by atoms with Crippen molar-refractivity contribution in [3.8, 4) is 0 Å². The van der Waals surface area contributed by atoms with Crippen LogP contribution in [-0.2, 0) is 17.6 Å². The van der Waals surface area contributed by atoms with Crippen molar-refractivity contribution in [2.75, 3.05) is 27.2 Å². The molecule has 0 aromatic heterocycles. The number of aryl methyl sites for hydroxylation is 1. The Morgan fingerprint density at radius 2 is 1.91 bits per heavy atom. The Morgan fingerprint density at radius 3 is 2.51 bits per heavy atom. The minimum absolute atomic E-state index is 0.0718. The van der Waals surface area contributed by atoms with Gasteiger partial charge >= 0.3 is 0 Å². The molecule has 4 unspecified atom stereocenters. The van der Waals surface area contributed by atoms with Crippen molar-refractivity contribution in [3.63, 3.8) is 0 Å². The number of nitrogens with two attached hydrogens (primary N) is 1. The average molecular weight is 652 g/mol. The van der Waals surface area contributed by atoms with E-state index in [1.807, 2.05) is 73.7 Å². The smallest absolute Gasteiger partial charge is 0.251 e. The second kappa shape index (κ2) is 21.2. The van der Waals surface area contributed by atoms with Gasteiger partial charge in [-0.05, 0) is 89.4 Å². The molecular weight excluding hydrogens is 590 g/mol. The summed E-state index contributed by atoms with van der Waals surface area (Å²) < 4.78 is 0. The molecule has 0 radical (unpaired) electrons. The van der Waals surface area contributed by atoms with Crippen molar-refractivity contribution in [2.24, 2.45) is 15.7 Å². The van der Waals surface area contributed by atoms with Crippen molar-refractivity contribution in [1.29, 1.82) is 0 Å². The number of likely N-dealkylation sites (tertiary alicyclic amines) is 1. The van der Waals surface area contributed by atoms with E-state index in [1.165, 1.54) is 12.0 Å². The molecule has 1 heterocycles. The van der Waals surface area contributed by atoms with Crippen molar-refractivity contribution in [2.45, 2.75) is 111 Å². The minimum atomic E-state index is -0.800. The zero-order valence-electron chi connectivity index (χ0n) is 30.3. The SMILES string of the molecule is C=CNCC(N=C(N)CC)C1(C)C(O)C(NC(=O)c2cccc3c2CCCC3)CN1C.CC.CC=N/C(C)=C\C(=C\CC)C(=O)NC. The second-order valence-corrected chi connectivity index (χ2v) is 11.7. The molecule has 2 amide bonds. The van der Waals surface area contributed by atoms with Crippen molar-refractivity contribution in [3.05, 3.63) is 71.1 Å². The summed E-state index contributed by atoms with van der Waals surface area (Å²) in [5.74, 6) is 0.358. The number of benzene rings is 1. The normalized spacial score (nSPS) is 22.2. The van der Waals surface area contributed by atoms with Crippen LogP contribution >= 0.6 is 0 Å². The first-order valence-corrected chi connectivity index (χ1v) is 17.0. The number of carbonyl (C=O) groups is 2. The molecule has 1 aromatic rings. The van der Waals surface area contributed by atoms with E-state index in [2.05, 4.69) is 43.5 Å². The van der Waals surface area contributed by atoms with Crippen LogP contribution in [0.4, 0.5) is 0 Å². The number of fused-ring (bicyclic) bond motifs is 1. The summed E-state index contributed by atoms with van der Waals surface area (Å²) in [6.07, 6.45) is 11.9. The fourth-order valence-electron chi connectivity index (χ4n) is 5.96. The van der Waals surface area contributed by atoms with Crippen LogP contribution in [-0.4, -0.2) is 84.8 Å². The van der Waals surface area contributed by atoms with Crippen LogP contribution in [0.1, 0.15) is 95.6 Å². The van der Waals surface area contributed by atoms with Gasteiger partial charge in [0.05, 0.1) is 29.6 Å². The molecule has 1 aliphatic carbocycles. The lowest BCUT2D eigenvalue weighted by Gasteiger charge is -2.40. The molecule has 1 saturated heterocycles. The zero-order valence-corrected chi connectivity index (χ0v) is 30.3. The lowest BCUT2D eigenvalue weighted by Crippen LogP contribution is -2.59. The van der Waals surface area contributed by atoms with Gasteiger partial charge in [-0.2, -0.15) is 0 Å². The van der Waals surface area contributed by atoms with Crippen LogP contribution in [0.25, 0.3) is 0 Å². The number of rotatable bonds is 12. The molecule has 10 nitrogen and oxygen atoms in total. The quantitative estimate of drug-likeness (QED) is 0.0961. The Bertz CT molecular complexity index is 1290. The van der Waals surface area contributed by atoms with Crippen LogP contribution in [0.15, 0.2) is 64.4 Å². The van der Waals surface area contributed by atoms with Crippen LogP contribution in [0.3, 0.4) is 0 Å². The highest BCUT2D eigenvalue weighted by Gasteiger charge is 2.53. The predicted octanol–water partition coefficient (Wildman–Crippen LogP) is 4.69. The van der Waals surface area contributed by atoms with Gasteiger partial charge in [0.2, 0.25) is 0 Å². The molecule has 10 heteroatoms. The van der Waals surface area contributed by atoms with Crippen molar-refractivity contribution < 1.29 is 14.7 Å². The number of nitrogens with zero attached hydrogens (tertiary/aromatic N) is 3. The largest absolute Gasteiger partial charge is 0.389 e. The Hall–Kier alpha value is -3.76. The maximum absolute atomic E-state index is 13.2.